The minimum atomic E-state index is -3.58. The molecule has 1 amide bonds. The van der Waals surface area contributed by atoms with Gasteiger partial charge in [0.25, 0.3) is 0 Å². The van der Waals surface area contributed by atoms with Crippen LogP contribution in [0.5, 0.6) is 5.75 Å². The summed E-state index contributed by atoms with van der Waals surface area (Å²) in [6, 6.07) is 15.8. The van der Waals surface area contributed by atoms with Gasteiger partial charge in [-0.25, -0.2) is 8.42 Å². The van der Waals surface area contributed by atoms with Gasteiger partial charge < -0.3 is 10.1 Å². The number of carbonyl (C=O) groups is 1. The Morgan fingerprint density at radius 2 is 1.52 bits per heavy atom. The van der Waals surface area contributed by atoms with E-state index in [9.17, 15) is 13.2 Å². The summed E-state index contributed by atoms with van der Waals surface area (Å²) >= 11 is 0. The highest BCUT2D eigenvalue weighted by Crippen LogP contribution is 2.21. The zero-order valence-electron chi connectivity index (χ0n) is 18.9. The van der Waals surface area contributed by atoms with Crippen LogP contribution in [0.2, 0.25) is 0 Å². The van der Waals surface area contributed by atoms with Crippen molar-refractivity contribution in [1.82, 2.24) is 4.31 Å². The van der Waals surface area contributed by atoms with E-state index in [4.69, 9.17) is 4.74 Å². The van der Waals surface area contributed by atoms with E-state index in [0.29, 0.717) is 38.2 Å². The van der Waals surface area contributed by atoms with Crippen LogP contribution >= 0.6 is 0 Å². The van der Waals surface area contributed by atoms with E-state index in [-0.39, 0.29) is 22.6 Å². The number of hydrogen-bond acceptors (Lipinski definition) is 4. The SMILES string of the molecule is CC(C)CN(CC(C)C)S(=O)(=O)c1ccc(NC(=O)CCCOc2ccccc2)cc1. The monoisotopic (exact) mass is 446 g/mol. The molecular weight excluding hydrogens is 412 g/mol. The quantitative estimate of drug-likeness (QED) is 0.476. The van der Waals surface area contributed by atoms with Crippen LogP contribution in [0.4, 0.5) is 5.69 Å². The molecule has 0 bridgehead atoms. The van der Waals surface area contributed by atoms with Crippen molar-refractivity contribution >= 4 is 21.6 Å². The first kappa shape index (κ1) is 24.9. The number of nitrogens with one attached hydrogen (secondary N) is 1. The molecule has 170 valence electrons. The van der Waals surface area contributed by atoms with Crippen molar-refractivity contribution in [2.24, 2.45) is 11.8 Å². The fraction of sp³-hybridized carbons (Fsp3) is 0.458. The molecule has 2 rings (SSSR count). The third-order valence-corrected chi connectivity index (χ3v) is 6.32. The summed E-state index contributed by atoms with van der Waals surface area (Å²) in [5.41, 5.74) is 0.576. The Kier molecular flexibility index (Phi) is 9.52. The highest BCUT2D eigenvalue weighted by molar-refractivity contribution is 7.89. The van der Waals surface area contributed by atoms with E-state index in [0.717, 1.165) is 5.75 Å². The highest BCUT2D eigenvalue weighted by Gasteiger charge is 2.25. The molecule has 1 N–H and O–H groups in total. The van der Waals surface area contributed by atoms with Crippen molar-refractivity contribution in [1.29, 1.82) is 0 Å². The second-order valence-electron chi connectivity index (χ2n) is 8.45. The topological polar surface area (TPSA) is 75.7 Å². The number of rotatable bonds is 12. The lowest BCUT2D eigenvalue weighted by Gasteiger charge is -2.25. The minimum Gasteiger partial charge on any atom is -0.494 e. The predicted octanol–water partition coefficient (Wildman–Crippen LogP) is 4.79. The molecule has 2 aromatic carbocycles. The number of nitrogens with zero attached hydrogens (tertiary/aromatic N) is 1. The van der Waals surface area contributed by atoms with Crippen molar-refractivity contribution in [2.45, 2.75) is 45.4 Å². The lowest BCUT2D eigenvalue weighted by Crippen LogP contribution is -2.37. The molecule has 0 fully saturated rings. The van der Waals surface area contributed by atoms with E-state index < -0.39 is 10.0 Å². The lowest BCUT2D eigenvalue weighted by molar-refractivity contribution is -0.116. The molecule has 0 radical (unpaired) electrons. The smallest absolute Gasteiger partial charge is 0.243 e. The summed E-state index contributed by atoms with van der Waals surface area (Å²) < 4.78 is 33.2. The van der Waals surface area contributed by atoms with Crippen LogP contribution in [0, 0.1) is 11.8 Å². The van der Waals surface area contributed by atoms with Crippen molar-refractivity contribution in [3.05, 3.63) is 54.6 Å². The first-order valence-electron chi connectivity index (χ1n) is 10.8. The van der Waals surface area contributed by atoms with Crippen LogP contribution < -0.4 is 10.1 Å². The maximum absolute atomic E-state index is 13.1. The Bertz CT molecular complexity index is 900. The normalized spacial score (nSPS) is 11.8. The van der Waals surface area contributed by atoms with Crippen molar-refractivity contribution < 1.29 is 17.9 Å². The van der Waals surface area contributed by atoms with Crippen molar-refractivity contribution in [3.63, 3.8) is 0 Å². The van der Waals surface area contributed by atoms with Crippen molar-refractivity contribution in [2.75, 3.05) is 25.0 Å². The average molecular weight is 447 g/mol. The fourth-order valence-electron chi connectivity index (χ4n) is 3.11. The summed E-state index contributed by atoms with van der Waals surface area (Å²) in [4.78, 5) is 12.4. The van der Waals surface area contributed by atoms with E-state index in [1.165, 1.54) is 0 Å². The van der Waals surface area contributed by atoms with Gasteiger partial charge in [-0.2, -0.15) is 4.31 Å². The van der Waals surface area contributed by atoms with Gasteiger partial charge in [-0.1, -0.05) is 45.9 Å². The van der Waals surface area contributed by atoms with E-state index in [1.807, 2.05) is 58.0 Å². The van der Waals surface area contributed by atoms with Gasteiger partial charge >= 0.3 is 0 Å². The number of ether oxygens (including phenoxy) is 1. The minimum absolute atomic E-state index is 0.131. The summed E-state index contributed by atoms with van der Waals surface area (Å²) in [5.74, 6) is 1.12. The molecule has 0 aliphatic rings. The average Bonchev–Trinajstić information content (AvgIpc) is 2.71. The maximum atomic E-state index is 13.1. The lowest BCUT2D eigenvalue weighted by atomic mass is 10.2. The van der Waals surface area contributed by atoms with Crippen LogP contribution in [0.25, 0.3) is 0 Å². The predicted molar refractivity (Wildman–Crippen MR) is 125 cm³/mol. The molecule has 2 aromatic rings. The zero-order chi connectivity index (χ0) is 22.9. The van der Waals surface area contributed by atoms with Gasteiger partial charge in [-0.15, -0.1) is 0 Å². The number of sulfonamides is 1. The molecule has 7 heteroatoms. The molecule has 6 nitrogen and oxygen atoms in total. The molecule has 0 aliphatic heterocycles. The largest absolute Gasteiger partial charge is 0.494 e. The fourth-order valence-corrected chi connectivity index (χ4v) is 4.87. The van der Waals surface area contributed by atoms with Crippen molar-refractivity contribution in [3.8, 4) is 5.75 Å². The van der Waals surface area contributed by atoms with Gasteiger partial charge in [0.1, 0.15) is 5.75 Å². The van der Waals surface area contributed by atoms with Gasteiger partial charge in [0.05, 0.1) is 11.5 Å². The van der Waals surface area contributed by atoms with Gasteiger partial charge in [0.2, 0.25) is 15.9 Å². The molecule has 0 saturated heterocycles. The third kappa shape index (κ3) is 8.34. The van der Waals surface area contributed by atoms with Crippen LogP contribution in [-0.4, -0.2) is 38.3 Å². The van der Waals surface area contributed by atoms with Gasteiger partial charge in [0, 0.05) is 25.2 Å². The summed E-state index contributed by atoms with van der Waals surface area (Å²) in [6.07, 6.45) is 0.913. The van der Waals surface area contributed by atoms with E-state index in [2.05, 4.69) is 5.32 Å². The molecule has 0 heterocycles. The van der Waals surface area contributed by atoms with Crippen LogP contribution in [-0.2, 0) is 14.8 Å². The summed E-state index contributed by atoms with van der Waals surface area (Å²) in [7, 11) is -3.58. The zero-order valence-corrected chi connectivity index (χ0v) is 19.7. The molecule has 0 aromatic heterocycles. The van der Waals surface area contributed by atoms with Gasteiger partial charge in [-0.3, -0.25) is 4.79 Å². The van der Waals surface area contributed by atoms with Crippen LogP contribution in [0.15, 0.2) is 59.5 Å². The molecule has 31 heavy (non-hydrogen) atoms. The molecule has 0 spiro atoms. The number of benzene rings is 2. The van der Waals surface area contributed by atoms with E-state index in [1.54, 1.807) is 28.6 Å². The molecule has 0 atom stereocenters. The number of para-hydroxylation sites is 1. The number of anilines is 1. The first-order chi connectivity index (χ1) is 14.7. The van der Waals surface area contributed by atoms with Gasteiger partial charge in [-0.05, 0) is 54.7 Å². The second kappa shape index (κ2) is 11.9. The van der Waals surface area contributed by atoms with Crippen LogP contribution in [0.3, 0.4) is 0 Å². The maximum Gasteiger partial charge on any atom is 0.243 e. The van der Waals surface area contributed by atoms with Gasteiger partial charge in [0.15, 0.2) is 0 Å². The second-order valence-corrected chi connectivity index (χ2v) is 10.4. The molecule has 0 aliphatic carbocycles. The Hall–Kier alpha value is -2.38. The standard InChI is InChI=1S/C24H34N2O4S/c1-19(2)17-26(18-20(3)4)31(28,29)23-14-12-21(13-15-23)25-24(27)11-8-16-30-22-9-6-5-7-10-22/h5-7,9-10,12-15,19-20H,8,11,16-18H2,1-4H3,(H,25,27). The number of carbonyl (C=O) groups excluding carboxylic acids is 1. The summed E-state index contributed by atoms with van der Waals surface area (Å²) in [5, 5.41) is 2.81. The molecule has 0 saturated carbocycles. The Morgan fingerprint density at radius 3 is 2.06 bits per heavy atom. The summed E-state index contributed by atoms with van der Waals surface area (Å²) in [6.45, 7) is 9.43. The third-order valence-electron chi connectivity index (χ3n) is 4.47. The number of hydrogen-bond donors (Lipinski definition) is 1. The van der Waals surface area contributed by atoms with Crippen LogP contribution in [0.1, 0.15) is 40.5 Å². The Morgan fingerprint density at radius 1 is 0.935 bits per heavy atom. The highest BCUT2D eigenvalue weighted by atomic mass is 32.2. The molecular formula is C24H34N2O4S. The Labute approximate surface area is 186 Å². The number of amides is 1. The van der Waals surface area contributed by atoms with E-state index >= 15 is 0 Å². The Balaban J connectivity index is 1.90. The molecule has 0 unspecified atom stereocenters. The first-order valence-corrected chi connectivity index (χ1v) is 12.2.